The number of nitrogens with zero attached hydrogens (tertiary/aromatic N) is 1. The molecule has 0 aliphatic carbocycles. The number of nitrogens with one attached hydrogen (secondary N) is 1. The van der Waals surface area contributed by atoms with Crippen LogP contribution in [0.5, 0.6) is 0 Å². The summed E-state index contributed by atoms with van der Waals surface area (Å²) < 4.78 is 3.52. The maximum atomic E-state index is 4.83. The quantitative estimate of drug-likeness (QED) is 0.564. The van der Waals surface area contributed by atoms with Crippen LogP contribution in [-0.4, -0.2) is 12.3 Å². The van der Waals surface area contributed by atoms with Crippen LogP contribution in [-0.2, 0) is 6.42 Å². The van der Waals surface area contributed by atoms with Gasteiger partial charge in [0.15, 0.2) is 0 Å². The molecule has 2 nitrogen and oxygen atoms in total. The van der Waals surface area contributed by atoms with E-state index in [0.717, 1.165) is 29.9 Å². The summed E-state index contributed by atoms with van der Waals surface area (Å²) >= 11 is 1.65. The van der Waals surface area contributed by atoms with Crippen LogP contribution in [0.15, 0.2) is 70.7 Å². The molecule has 0 amide bonds. The van der Waals surface area contributed by atoms with Crippen molar-refractivity contribution >= 4 is 23.2 Å². The van der Waals surface area contributed by atoms with E-state index in [1.54, 1.807) is 11.9 Å². The standard InChI is InChI=1S/C22H24N2S/c1-5-16-12-13-20-19(14-16)17(6-2)22(24-25-20)21(23-7-3)18-11-9-8-10-15(18)4/h6,8-14,24H,2,5,7H2,1,3-4H3. The van der Waals surface area contributed by atoms with Gasteiger partial charge in [0, 0.05) is 22.6 Å². The molecule has 1 heterocycles. The molecule has 0 saturated heterocycles. The molecule has 0 fully saturated rings. The van der Waals surface area contributed by atoms with Crippen molar-refractivity contribution < 1.29 is 0 Å². The first-order valence-corrected chi connectivity index (χ1v) is 9.54. The van der Waals surface area contributed by atoms with E-state index in [1.165, 1.54) is 27.1 Å². The number of aryl methyl sites for hydroxylation is 2. The van der Waals surface area contributed by atoms with Gasteiger partial charge >= 0.3 is 0 Å². The van der Waals surface area contributed by atoms with Crippen molar-refractivity contribution in [3.05, 3.63) is 83.1 Å². The Bertz CT molecular complexity index is 862. The Balaban J connectivity index is 2.21. The summed E-state index contributed by atoms with van der Waals surface area (Å²) in [4.78, 5) is 6.06. The van der Waals surface area contributed by atoms with Gasteiger partial charge in [-0.3, -0.25) is 4.99 Å². The second-order valence-electron chi connectivity index (χ2n) is 6.02. The van der Waals surface area contributed by atoms with Gasteiger partial charge in [-0.2, -0.15) is 0 Å². The summed E-state index contributed by atoms with van der Waals surface area (Å²) in [7, 11) is 0. The van der Waals surface area contributed by atoms with Gasteiger partial charge in [-0.15, -0.1) is 0 Å². The van der Waals surface area contributed by atoms with Crippen molar-refractivity contribution in [3.63, 3.8) is 0 Å². The Morgan fingerprint density at radius 2 is 2.00 bits per heavy atom. The van der Waals surface area contributed by atoms with Crippen molar-refractivity contribution in [2.24, 2.45) is 4.99 Å². The Morgan fingerprint density at radius 1 is 1.20 bits per heavy atom. The van der Waals surface area contributed by atoms with Gasteiger partial charge in [-0.25, -0.2) is 0 Å². The highest BCUT2D eigenvalue weighted by Crippen LogP contribution is 2.36. The zero-order chi connectivity index (χ0) is 17.8. The minimum Gasteiger partial charge on any atom is -0.323 e. The van der Waals surface area contributed by atoms with Gasteiger partial charge in [0.05, 0.1) is 11.4 Å². The van der Waals surface area contributed by atoms with E-state index in [1.807, 2.05) is 6.08 Å². The molecule has 1 aliphatic rings. The van der Waals surface area contributed by atoms with Gasteiger partial charge in [0.2, 0.25) is 0 Å². The first kappa shape index (κ1) is 17.6. The normalized spacial score (nSPS) is 14.1. The lowest BCUT2D eigenvalue weighted by Crippen LogP contribution is -2.22. The van der Waals surface area contributed by atoms with Crippen molar-refractivity contribution in [2.45, 2.75) is 32.1 Å². The summed E-state index contributed by atoms with van der Waals surface area (Å²) in [5.74, 6) is 0. The molecule has 0 aromatic heterocycles. The van der Waals surface area contributed by atoms with Crippen molar-refractivity contribution in [2.75, 3.05) is 6.54 Å². The number of aliphatic imine (C=N–C) groups is 1. The maximum Gasteiger partial charge on any atom is 0.0895 e. The van der Waals surface area contributed by atoms with E-state index in [-0.39, 0.29) is 0 Å². The average Bonchev–Trinajstić information content (AvgIpc) is 2.65. The fourth-order valence-corrected chi connectivity index (χ4v) is 3.91. The van der Waals surface area contributed by atoms with Crippen LogP contribution in [0.25, 0.3) is 5.57 Å². The third kappa shape index (κ3) is 3.42. The zero-order valence-corrected chi connectivity index (χ0v) is 15.9. The molecule has 1 aliphatic heterocycles. The molecular weight excluding hydrogens is 324 g/mol. The zero-order valence-electron chi connectivity index (χ0n) is 15.1. The van der Waals surface area contributed by atoms with Crippen molar-refractivity contribution in [1.82, 2.24) is 4.72 Å². The first-order chi connectivity index (χ1) is 12.2. The number of fused-ring (bicyclic) bond motifs is 1. The van der Waals surface area contributed by atoms with Gasteiger partial charge < -0.3 is 4.72 Å². The fourth-order valence-electron chi connectivity index (χ4n) is 3.08. The molecule has 0 unspecified atom stereocenters. The minimum atomic E-state index is 0.742. The van der Waals surface area contributed by atoms with Crippen LogP contribution >= 0.6 is 11.9 Å². The topological polar surface area (TPSA) is 24.4 Å². The fraction of sp³-hybridized carbons (Fsp3) is 0.227. The Kier molecular flexibility index (Phi) is 5.44. The van der Waals surface area contributed by atoms with Gasteiger partial charge in [0.1, 0.15) is 0 Å². The summed E-state index contributed by atoms with van der Waals surface area (Å²) in [6.45, 7) is 11.2. The molecule has 3 heteroatoms. The predicted octanol–water partition coefficient (Wildman–Crippen LogP) is 5.57. The predicted molar refractivity (Wildman–Crippen MR) is 110 cm³/mol. The Labute approximate surface area is 154 Å². The monoisotopic (exact) mass is 348 g/mol. The molecule has 2 aromatic rings. The Hall–Kier alpha value is -2.26. The highest BCUT2D eigenvalue weighted by atomic mass is 32.2. The van der Waals surface area contributed by atoms with E-state index in [4.69, 9.17) is 4.99 Å². The second kappa shape index (κ2) is 7.75. The Morgan fingerprint density at radius 3 is 2.68 bits per heavy atom. The molecule has 3 rings (SSSR count). The minimum absolute atomic E-state index is 0.742. The first-order valence-electron chi connectivity index (χ1n) is 8.73. The van der Waals surface area contributed by atoms with Crippen LogP contribution in [0.4, 0.5) is 0 Å². The highest BCUT2D eigenvalue weighted by molar-refractivity contribution is 7.97. The second-order valence-corrected chi connectivity index (χ2v) is 6.87. The maximum absolute atomic E-state index is 4.83. The molecular formula is C22H24N2S. The van der Waals surface area contributed by atoms with Gasteiger partial charge in [-0.1, -0.05) is 49.9 Å². The average molecular weight is 349 g/mol. The molecule has 25 heavy (non-hydrogen) atoms. The van der Waals surface area contributed by atoms with E-state index >= 15 is 0 Å². The molecule has 0 bridgehead atoms. The molecule has 0 spiro atoms. The number of rotatable bonds is 5. The van der Waals surface area contributed by atoms with E-state index in [2.05, 4.69) is 74.5 Å². The summed E-state index contributed by atoms with van der Waals surface area (Å²) in [6.07, 6.45) is 2.97. The van der Waals surface area contributed by atoms with E-state index in [0.29, 0.717) is 0 Å². The van der Waals surface area contributed by atoms with Crippen LogP contribution < -0.4 is 4.72 Å². The molecule has 2 aromatic carbocycles. The van der Waals surface area contributed by atoms with Crippen LogP contribution in [0.2, 0.25) is 0 Å². The highest BCUT2D eigenvalue weighted by Gasteiger charge is 2.23. The third-order valence-electron chi connectivity index (χ3n) is 4.43. The smallest absolute Gasteiger partial charge is 0.0895 e. The lowest BCUT2D eigenvalue weighted by molar-refractivity contribution is 1.10. The number of hydrogen-bond donors (Lipinski definition) is 1. The summed E-state index contributed by atoms with van der Waals surface area (Å²) in [5.41, 5.74) is 8.16. The summed E-state index contributed by atoms with van der Waals surface area (Å²) in [6, 6.07) is 15.1. The molecule has 0 atom stereocenters. The molecule has 0 radical (unpaired) electrons. The number of hydrogen-bond acceptors (Lipinski definition) is 3. The van der Waals surface area contributed by atoms with Gasteiger partial charge in [0.25, 0.3) is 0 Å². The molecule has 0 saturated carbocycles. The summed E-state index contributed by atoms with van der Waals surface area (Å²) in [5, 5.41) is 0. The third-order valence-corrected chi connectivity index (χ3v) is 5.31. The van der Waals surface area contributed by atoms with E-state index < -0.39 is 0 Å². The van der Waals surface area contributed by atoms with Crippen LogP contribution in [0.3, 0.4) is 0 Å². The van der Waals surface area contributed by atoms with Crippen LogP contribution in [0, 0.1) is 6.92 Å². The van der Waals surface area contributed by atoms with Gasteiger partial charge in [-0.05, 0) is 61.0 Å². The SMILES string of the molecule is C=CC1=C(C(=NCC)c2ccccc2C)NSc2ccc(CC)cc21. The lowest BCUT2D eigenvalue weighted by atomic mass is 9.94. The molecule has 1 N–H and O–H groups in total. The van der Waals surface area contributed by atoms with Crippen molar-refractivity contribution in [1.29, 1.82) is 0 Å². The van der Waals surface area contributed by atoms with Crippen molar-refractivity contribution in [3.8, 4) is 0 Å². The number of allylic oxidation sites excluding steroid dienone is 3. The van der Waals surface area contributed by atoms with E-state index in [9.17, 15) is 0 Å². The largest absolute Gasteiger partial charge is 0.323 e. The number of benzene rings is 2. The lowest BCUT2D eigenvalue weighted by Gasteiger charge is -2.25. The van der Waals surface area contributed by atoms with Crippen LogP contribution in [0.1, 0.15) is 36.1 Å². The molecule has 128 valence electrons.